The van der Waals surface area contributed by atoms with Crippen molar-refractivity contribution in [1.82, 2.24) is 4.98 Å². The zero-order valence-corrected chi connectivity index (χ0v) is 19.7. The van der Waals surface area contributed by atoms with E-state index in [-0.39, 0.29) is 17.7 Å². The largest absolute Gasteiger partial charge is 0.493 e. The molecule has 8 heteroatoms. The number of methoxy groups -OCH3 is 2. The minimum atomic E-state index is -0.309. The molecule has 0 radical (unpaired) electrons. The Morgan fingerprint density at radius 2 is 1.88 bits per heavy atom. The van der Waals surface area contributed by atoms with Crippen LogP contribution in [0.3, 0.4) is 0 Å². The van der Waals surface area contributed by atoms with Gasteiger partial charge >= 0.3 is 0 Å². The molecule has 4 rings (SSSR count). The van der Waals surface area contributed by atoms with Crippen molar-refractivity contribution in [2.75, 3.05) is 24.9 Å². The smallest absolute Gasteiger partial charge is 0.291 e. The van der Waals surface area contributed by atoms with Crippen molar-refractivity contribution >= 4 is 28.1 Å². The molecule has 0 aliphatic heterocycles. The van der Waals surface area contributed by atoms with Crippen molar-refractivity contribution in [3.05, 3.63) is 88.3 Å². The molecule has 0 aliphatic rings. The summed E-state index contributed by atoms with van der Waals surface area (Å²) < 4.78 is 16.2. The van der Waals surface area contributed by atoms with Crippen LogP contribution in [0.5, 0.6) is 11.5 Å². The molecule has 0 fully saturated rings. The number of aromatic nitrogens is 1. The summed E-state index contributed by atoms with van der Waals surface area (Å²) in [6.07, 6.45) is 3.22. The number of hydrogen-bond acceptors (Lipinski definition) is 7. The Labute approximate surface area is 196 Å². The predicted octanol–water partition coefficient (Wildman–Crippen LogP) is 5.82. The zero-order chi connectivity index (χ0) is 23.4. The maximum atomic E-state index is 12.8. The van der Waals surface area contributed by atoms with E-state index in [9.17, 15) is 4.79 Å². The Bertz CT molecular complexity index is 1240. The summed E-state index contributed by atoms with van der Waals surface area (Å²) in [6.45, 7) is 4.09. The fraction of sp³-hybridized carbons (Fsp3) is 0.200. The second kappa shape index (κ2) is 9.79. The van der Waals surface area contributed by atoms with Crippen molar-refractivity contribution in [3.8, 4) is 11.5 Å². The summed E-state index contributed by atoms with van der Waals surface area (Å²) in [7, 11) is 3.22. The Morgan fingerprint density at radius 1 is 1.06 bits per heavy atom. The number of carbonyl (C=O) groups is 1. The average Bonchev–Trinajstić information content (AvgIpc) is 3.47. The monoisotopic (exact) mass is 463 g/mol. The third kappa shape index (κ3) is 4.70. The highest BCUT2D eigenvalue weighted by Crippen LogP contribution is 2.42. The van der Waals surface area contributed by atoms with E-state index in [4.69, 9.17) is 13.9 Å². The molecule has 0 saturated carbocycles. The van der Waals surface area contributed by atoms with Gasteiger partial charge in [-0.25, -0.2) is 4.98 Å². The molecule has 0 bridgehead atoms. The number of amides is 1. The second-order valence-corrected chi connectivity index (χ2v) is 8.59. The molecule has 0 aliphatic carbocycles. The van der Waals surface area contributed by atoms with E-state index < -0.39 is 0 Å². The van der Waals surface area contributed by atoms with Crippen LogP contribution in [0, 0.1) is 13.8 Å². The van der Waals surface area contributed by atoms with Gasteiger partial charge in [0, 0.05) is 16.6 Å². The first kappa shape index (κ1) is 22.4. The number of anilines is 2. The first-order valence-electron chi connectivity index (χ1n) is 10.4. The molecular weight excluding hydrogens is 438 g/mol. The Hall–Kier alpha value is -3.78. The Morgan fingerprint density at radius 3 is 2.55 bits per heavy atom. The lowest BCUT2D eigenvalue weighted by Crippen LogP contribution is -2.18. The van der Waals surface area contributed by atoms with Crippen LogP contribution in [0.1, 0.15) is 38.2 Å². The predicted molar refractivity (Wildman–Crippen MR) is 130 cm³/mol. The summed E-state index contributed by atoms with van der Waals surface area (Å²) in [6, 6.07) is 14.5. The van der Waals surface area contributed by atoms with E-state index in [1.165, 1.54) is 17.6 Å². The average molecular weight is 464 g/mol. The molecule has 33 heavy (non-hydrogen) atoms. The first-order valence-corrected chi connectivity index (χ1v) is 11.2. The molecule has 1 atom stereocenters. The number of pyridine rings is 1. The Kier molecular flexibility index (Phi) is 6.65. The number of nitrogens with zero attached hydrogens (tertiary/aromatic N) is 1. The molecule has 3 aromatic heterocycles. The van der Waals surface area contributed by atoms with Crippen LogP contribution in [0.4, 0.5) is 10.8 Å². The molecule has 7 nitrogen and oxygen atoms in total. The van der Waals surface area contributed by atoms with Crippen LogP contribution in [-0.2, 0) is 0 Å². The maximum absolute atomic E-state index is 12.8. The van der Waals surface area contributed by atoms with Crippen molar-refractivity contribution in [2.24, 2.45) is 0 Å². The number of carbonyl (C=O) groups excluding carboxylic acids is 1. The van der Waals surface area contributed by atoms with Gasteiger partial charge in [-0.1, -0.05) is 12.1 Å². The van der Waals surface area contributed by atoms with Gasteiger partial charge in [0.2, 0.25) is 0 Å². The molecule has 0 unspecified atom stereocenters. The van der Waals surface area contributed by atoms with Crippen molar-refractivity contribution < 1.29 is 18.7 Å². The lowest BCUT2D eigenvalue weighted by molar-refractivity contribution is 0.0997. The molecule has 170 valence electrons. The molecule has 4 aromatic rings. The van der Waals surface area contributed by atoms with Gasteiger partial charge in [0.05, 0.1) is 26.5 Å². The fourth-order valence-electron chi connectivity index (χ4n) is 3.61. The quantitative estimate of drug-likeness (QED) is 0.342. The highest BCUT2D eigenvalue weighted by Gasteiger charge is 2.26. The number of thiophene rings is 1. The minimum Gasteiger partial charge on any atom is -0.493 e. The molecule has 0 spiro atoms. The molecular formula is C25H25N3O4S. The van der Waals surface area contributed by atoms with E-state index in [1.54, 1.807) is 32.5 Å². The van der Waals surface area contributed by atoms with Crippen molar-refractivity contribution in [2.45, 2.75) is 19.9 Å². The standard InChI is InChI=1S/C25H25N3O4S/c1-15-16(2)33-25(28-24(29)19-8-7-13-32-19)22(15)23(27-21-9-5-6-12-26-21)17-10-11-18(30-3)20(14-17)31-4/h5-14,23H,1-4H3,(H,26,27)(H,28,29)/t23-/m1/s1. The van der Waals surface area contributed by atoms with Gasteiger partial charge in [-0.3, -0.25) is 4.79 Å². The summed E-state index contributed by atoms with van der Waals surface area (Å²) in [5.74, 6) is 1.93. The van der Waals surface area contributed by atoms with Gasteiger partial charge in [0.25, 0.3) is 5.91 Å². The number of benzene rings is 1. The topological polar surface area (TPSA) is 85.6 Å². The van der Waals surface area contributed by atoms with Gasteiger partial charge in [-0.05, 0) is 61.4 Å². The number of hydrogen-bond donors (Lipinski definition) is 2. The number of nitrogens with one attached hydrogen (secondary N) is 2. The van der Waals surface area contributed by atoms with Crippen LogP contribution >= 0.6 is 11.3 Å². The van der Waals surface area contributed by atoms with Crippen molar-refractivity contribution in [1.29, 1.82) is 0 Å². The second-order valence-electron chi connectivity index (χ2n) is 7.36. The SMILES string of the molecule is COc1ccc([C@@H](Nc2ccccn2)c2c(NC(=O)c3ccco3)sc(C)c2C)cc1OC. The third-order valence-electron chi connectivity index (χ3n) is 5.39. The summed E-state index contributed by atoms with van der Waals surface area (Å²) in [5, 5.41) is 7.30. The molecule has 0 saturated heterocycles. The number of rotatable bonds is 8. The van der Waals surface area contributed by atoms with Crippen LogP contribution in [0.25, 0.3) is 0 Å². The lowest BCUT2D eigenvalue weighted by atomic mass is 9.96. The van der Waals surface area contributed by atoms with Crippen LogP contribution in [-0.4, -0.2) is 25.1 Å². The van der Waals surface area contributed by atoms with Crippen LogP contribution in [0.2, 0.25) is 0 Å². The molecule has 3 heterocycles. The van der Waals surface area contributed by atoms with Gasteiger partial charge in [0.1, 0.15) is 10.8 Å². The summed E-state index contributed by atoms with van der Waals surface area (Å²) in [5.41, 5.74) is 2.97. The van der Waals surface area contributed by atoms with Crippen LogP contribution in [0.15, 0.2) is 65.4 Å². The van der Waals surface area contributed by atoms with Gasteiger partial charge in [-0.15, -0.1) is 11.3 Å². The van der Waals surface area contributed by atoms with E-state index in [1.807, 2.05) is 43.3 Å². The van der Waals surface area contributed by atoms with E-state index in [0.717, 1.165) is 26.6 Å². The number of furan rings is 1. The first-order chi connectivity index (χ1) is 16.0. The minimum absolute atomic E-state index is 0.255. The maximum Gasteiger partial charge on any atom is 0.291 e. The normalized spacial score (nSPS) is 11.6. The highest BCUT2D eigenvalue weighted by atomic mass is 32.1. The van der Waals surface area contributed by atoms with E-state index in [0.29, 0.717) is 17.3 Å². The highest BCUT2D eigenvalue weighted by molar-refractivity contribution is 7.16. The third-order valence-corrected chi connectivity index (χ3v) is 6.53. The number of ether oxygens (including phenoxy) is 2. The summed E-state index contributed by atoms with van der Waals surface area (Å²) >= 11 is 1.53. The summed E-state index contributed by atoms with van der Waals surface area (Å²) in [4.78, 5) is 18.3. The molecule has 2 N–H and O–H groups in total. The van der Waals surface area contributed by atoms with Gasteiger partial charge in [0.15, 0.2) is 17.3 Å². The van der Waals surface area contributed by atoms with E-state index >= 15 is 0 Å². The van der Waals surface area contributed by atoms with Crippen LogP contribution < -0.4 is 20.1 Å². The Balaban J connectivity index is 1.81. The van der Waals surface area contributed by atoms with Gasteiger partial charge < -0.3 is 24.5 Å². The lowest BCUT2D eigenvalue weighted by Gasteiger charge is -2.23. The van der Waals surface area contributed by atoms with Gasteiger partial charge in [-0.2, -0.15) is 0 Å². The molecule has 1 aromatic carbocycles. The van der Waals surface area contributed by atoms with Crippen molar-refractivity contribution in [3.63, 3.8) is 0 Å². The molecule has 1 amide bonds. The number of aryl methyl sites for hydroxylation is 1. The fourth-order valence-corrected chi connectivity index (χ4v) is 4.70. The van der Waals surface area contributed by atoms with E-state index in [2.05, 4.69) is 22.5 Å². The zero-order valence-electron chi connectivity index (χ0n) is 18.8.